The maximum atomic E-state index is 10.7. The molecule has 0 heterocycles. The summed E-state index contributed by atoms with van der Waals surface area (Å²) in [6, 6.07) is 0. The van der Waals surface area contributed by atoms with Crippen molar-refractivity contribution in [1.82, 2.24) is 0 Å². The van der Waals surface area contributed by atoms with Gasteiger partial charge in [-0.3, -0.25) is 4.79 Å². The second-order valence-electron chi connectivity index (χ2n) is 3.49. The number of carbonyl (C=O) groups excluding carboxylic acids is 1. The number of rotatable bonds is 7. The lowest BCUT2D eigenvalue weighted by atomic mass is 10.1. The van der Waals surface area contributed by atoms with Crippen molar-refractivity contribution in [3.63, 3.8) is 0 Å². The molecule has 0 aromatic rings. The summed E-state index contributed by atoms with van der Waals surface area (Å²) in [5, 5.41) is 0. The van der Waals surface area contributed by atoms with Crippen LogP contribution in [-0.4, -0.2) is 12.1 Å². The topological polar surface area (TPSA) is 26.3 Å². The Balaban J connectivity index is 3.60. The van der Waals surface area contributed by atoms with Crippen molar-refractivity contribution in [3.05, 3.63) is 12.2 Å². The second-order valence-corrected chi connectivity index (χ2v) is 3.49. The van der Waals surface area contributed by atoms with Crippen LogP contribution in [0, 0.1) is 0 Å². The molecule has 0 aliphatic heterocycles. The van der Waals surface area contributed by atoms with Crippen molar-refractivity contribution >= 4 is 5.97 Å². The maximum Gasteiger partial charge on any atom is 0.302 e. The average Bonchev–Trinajstić information content (AvgIpc) is 2.15. The normalized spacial score (nSPS) is 13.1. The van der Waals surface area contributed by atoms with E-state index >= 15 is 0 Å². The predicted octanol–water partition coefficient (Wildman–Crippen LogP) is 3.46. The Kier molecular flexibility index (Phi) is 8.30. The third-order valence-electron chi connectivity index (χ3n) is 2.08. The summed E-state index contributed by atoms with van der Waals surface area (Å²) in [5.74, 6) is -0.182. The summed E-state index contributed by atoms with van der Waals surface area (Å²) in [7, 11) is 0. The number of hydrogen-bond donors (Lipinski definition) is 0. The van der Waals surface area contributed by atoms with Gasteiger partial charge in [-0.25, -0.2) is 0 Å². The smallest absolute Gasteiger partial charge is 0.302 e. The third kappa shape index (κ3) is 7.84. The molecule has 14 heavy (non-hydrogen) atoms. The van der Waals surface area contributed by atoms with E-state index in [1.807, 2.05) is 6.92 Å². The lowest BCUT2D eigenvalue weighted by Gasteiger charge is -2.12. The summed E-state index contributed by atoms with van der Waals surface area (Å²) < 4.78 is 5.12. The maximum absolute atomic E-state index is 10.7. The van der Waals surface area contributed by atoms with Crippen molar-refractivity contribution in [2.45, 2.75) is 59.0 Å². The van der Waals surface area contributed by atoms with Crippen LogP contribution >= 0.6 is 0 Å². The fourth-order valence-corrected chi connectivity index (χ4v) is 1.22. The number of unbranched alkanes of at least 4 members (excludes halogenated alkanes) is 2. The van der Waals surface area contributed by atoms with Crippen LogP contribution in [-0.2, 0) is 9.53 Å². The minimum absolute atomic E-state index is 0.0605. The molecule has 0 spiro atoms. The molecule has 82 valence electrons. The second kappa shape index (κ2) is 8.79. The average molecular weight is 198 g/mol. The van der Waals surface area contributed by atoms with Gasteiger partial charge in [-0.1, -0.05) is 38.8 Å². The molecule has 0 aromatic carbocycles. The molecule has 0 N–H and O–H groups in total. The molecule has 0 amide bonds. The van der Waals surface area contributed by atoms with Gasteiger partial charge in [0, 0.05) is 13.3 Å². The van der Waals surface area contributed by atoms with Gasteiger partial charge in [0.15, 0.2) is 0 Å². The molecule has 1 atom stereocenters. The van der Waals surface area contributed by atoms with Gasteiger partial charge in [0.2, 0.25) is 0 Å². The molecule has 2 nitrogen and oxygen atoms in total. The first-order valence-corrected chi connectivity index (χ1v) is 5.52. The monoisotopic (exact) mass is 198 g/mol. The molecule has 0 rings (SSSR count). The first kappa shape index (κ1) is 13.2. The zero-order valence-corrected chi connectivity index (χ0v) is 9.58. The van der Waals surface area contributed by atoms with E-state index in [0.717, 1.165) is 19.3 Å². The van der Waals surface area contributed by atoms with E-state index in [-0.39, 0.29) is 12.1 Å². The first-order chi connectivity index (χ1) is 6.70. The fourth-order valence-electron chi connectivity index (χ4n) is 1.22. The van der Waals surface area contributed by atoms with Gasteiger partial charge in [0.25, 0.3) is 0 Å². The SMILES string of the molecule is CCCC/C=C/CC(CC)OC(C)=O. The molecule has 0 aliphatic rings. The molecular formula is C12H22O2. The molecule has 0 radical (unpaired) electrons. The predicted molar refractivity (Wildman–Crippen MR) is 59.1 cm³/mol. The Hall–Kier alpha value is -0.790. The number of hydrogen-bond acceptors (Lipinski definition) is 2. The van der Waals surface area contributed by atoms with E-state index in [2.05, 4.69) is 19.1 Å². The van der Waals surface area contributed by atoms with Crippen molar-refractivity contribution in [3.8, 4) is 0 Å². The molecular weight excluding hydrogens is 176 g/mol. The number of ether oxygens (including phenoxy) is 1. The van der Waals surface area contributed by atoms with Crippen molar-refractivity contribution in [1.29, 1.82) is 0 Å². The fraction of sp³-hybridized carbons (Fsp3) is 0.750. The van der Waals surface area contributed by atoms with Crippen molar-refractivity contribution in [2.75, 3.05) is 0 Å². The van der Waals surface area contributed by atoms with Crippen LogP contribution in [0.4, 0.5) is 0 Å². The summed E-state index contributed by atoms with van der Waals surface area (Å²) in [6.45, 7) is 5.68. The third-order valence-corrected chi connectivity index (χ3v) is 2.08. The summed E-state index contributed by atoms with van der Waals surface area (Å²) in [5.41, 5.74) is 0. The van der Waals surface area contributed by atoms with Gasteiger partial charge >= 0.3 is 5.97 Å². The van der Waals surface area contributed by atoms with Gasteiger partial charge in [0.05, 0.1) is 0 Å². The van der Waals surface area contributed by atoms with Crippen molar-refractivity contribution in [2.24, 2.45) is 0 Å². The number of carbonyl (C=O) groups is 1. The lowest BCUT2D eigenvalue weighted by molar-refractivity contribution is -0.146. The first-order valence-electron chi connectivity index (χ1n) is 5.52. The Morgan fingerprint density at radius 2 is 2.07 bits per heavy atom. The minimum atomic E-state index is -0.182. The quantitative estimate of drug-likeness (QED) is 0.356. The zero-order chi connectivity index (χ0) is 10.8. The summed E-state index contributed by atoms with van der Waals surface area (Å²) in [4.78, 5) is 10.7. The van der Waals surface area contributed by atoms with Gasteiger partial charge in [0.1, 0.15) is 6.10 Å². The summed E-state index contributed by atoms with van der Waals surface area (Å²) >= 11 is 0. The van der Waals surface area contributed by atoms with Gasteiger partial charge in [-0.05, 0) is 12.8 Å². The highest BCUT2D eigenvalue weighted by Gasteiger charge is 2.06. The van der Waals surface area contributed by atoms with Crippen LogP contribution in [0.15, 0.2) is 12.2 Å². The van der Waals surface area contributed by atoms with E-state index in [1.54, 1.807) is 0 Å². The highest BCUT2D eigenvalue weighted by Crippen LogP contribution is 2.06. The molecule has 0 bridgehead atoms. The minimum Gasteiger partial charge on any atom is -0.462 e. The van der Waals surface area contributed by atoms with E-state index in [0.29, 0.717) is 0 Å². The Bertz CT molecular complexity index is 173. The number of esters is 1. The van der Waals surface area contributed by atoms with E-state index < -0.39 is 0 Å². The van der Waals surface area contributed by atoms with Crippen LogP contribution in [0.2, 0.25) is 0 Å². The molecule has 1 unspecified atom stereocenters. The van der Waals surface area contributed by atoms with E-state index in [9.17, 15) is 4.79 Å². The highest BCUT2D eigenvalue weighted by molar-refractivity contribution is 5.66. The van der Waals surface area contributed by atoms with Crippen LogP contribution in [0.3, 0.4) is 0 Å². The van der Waals surface area contributed by atoms with Crippen LogP contribution < -0.4 is 0 Å². The zero-order valence-electron chi connectivity index (χ0n) is 9.58. The molecule has 0 aliphatic carbocycles. The number of allylic oxidation sites excluding steroid dienone is 1. The van der Waals surface area contributed by atoms with E-state index in [1.165, 1.54) is 19.8 Å². The summed E-state index contributed by atoms with van der Waals surface area (Å²) in [6.07, 6.45) is 9.68. The Morgan fingerprint density at radius 3 is 2.57 bits per heavy atom. The van der Waals surface area contributed by atoms with Crippen LogP contribution in [0.1, 0.15) is 52.9 Å². The van der Waals surface area contributed by atoms with E-state index in [4.69, 9.17) is 4.74 Å². The van der Waals surface area contributed by atoms with Crippen LogP contribution in [0.5, 0.6) is 0 Å². The van der Waals surface area contributed by atoms with Gasteiger partial charge in [-0.15, -0.1) is 0 Å². The highest BCUT2D eigenvalue weighted by atomic mass is 16.5. The molecule has 2 heteroatoms. The largest absolute Gasteiger partial charge is 0.462 e. The molecule has 0 saturated heterocycles. The van der Waals surface area contributed by atoms with Gasteiger partial charge < -0.3 is 4.74 Å². The van der Waals surface area contributed by atoms with Crippen LogP contribution in [0.25, 0.3) is 0 Å². The Morgan fingerprint density at radius 1 is 1.36 bits per heavy atom. The molecule has 0 saturated carbocycles. The Labute approximate surface area is 87.3 Å². The lowest BCUT2D eigenvalue weighted by Crippen LogP contribution is -2.13. The standard InChI is InChI=1S/C12H22O2/c1-4-6-7-8-9-10-12(5-2)14-11(3)13/h8-9,12H,4-7,10H2,1-3H3/b9-8+. The van der Waals surface area contributed by atoms with Gasteiger partial charge in [-0.2, -0.15) is 0 Å². The molecule has 0 aromatic heterocycles. The molecule has 0 fully saturated rings. The van der Waals surface area contributed by atoms with Crippen molar-refractivity contribution < 1.29 is 9.53 Å².